The number of rotatable bonds is 7. The molecule has 0 aliphatic heterocycles. The largest absolute Gasteiger partial charge is 0.494 e. The van der Waals surface area contributed by atoms with E-state index in [1.807, 2.05) is 48.8 Å². The second-order valence-electron chi connectivity index (χ2n) is 5.59. The van der Waals surface area contributed by atoms with E-state index in [1.165, 1.54) is 4.88 Å². The standard InChI is InChI=1S/C20H20N2O2S/c1-2-24-18-7-5-15(6-8-18)11-20(23)22-13-16-10-17(14-21-12-16)19-4-3-9-25-19/h3-10,12,14H,2,11,13H2,1H3,(H,22,23). The molecule has 1 amide bonds. The highest BCUT2D eigenvalue weighted by molar-refractivity contribution is 7.13. The van der Waals surface area contributed by atoms with Crippen LogP contribution in [0.4, 0.5) is 0 Å². The van der Waals surface area contributed by atoms with Crippen molar-refractivity contribution < 1.29 is 9.53 Å². The minimum absolute atomic E-state index is 0.00862. The minimum Gasteiger partial charge on any atom is -0.494 e. The van der Waals surface area contributed by atoms with E-state index in [9.17, 15) is 4.79 Å². The Morgan fingerprint density at radius 3 is 2.72 bits per heavy atom. The van der Waals surface area contributed by atoms with E-state index < -0.39 is 0 Å². The van der Waals surface area contributed by atoms with Crippen LogP contribution in [0.25, 0.3) is 10.4 Å². The van der Waals surface area contributed by atoms with E-state index in [2.05, 4.69) is 22.4 Å². The summed E-state index contributed by atoms with van der Waals surface area (Å²) in [5.41, 5.74) is 3.03. The van der Waals surface area contributed by atoms with E-state index >= 15 is 0 Å². The quantitative estimate of drug-likeness (QED) is 0.697. The first-order chi connectivity index (χ1) is 12.2. The Labute approximate surface area is 151 Å². The lowest BCUT2D eigenvalue weighted by atomic mass is 10.1. The number of aromatic nitrogens is 1. The third kappa shape index (κ3) is 4.90. The molecule has 5 heteroatoms. The van der Waals surface area contributed by atoms with Gasteiger partial charge >= 0.3 is 0 Å². The van der Waals surface area contributed by atoms with Gasteiger partial charge in [-0.1, -0.05) is 18.2 Å². The van der Waals surface area contributed by atoms with Crippen molar-refractivity contribution in [2.24, 2.45) is 0 Å². The smallest absolute Gasteiger partial charge is 0.224 e. The molecule has 0 aliphatic carbocycles. The van der Waals surface area contributed by atoms with Crippen LogP contribution in [0.2, 0.25) is 0 Å². The minimum atomic E-state index is -0.00862. The lowest BCUT2D eigenvalue weighted by Gasteiger charge is -2.07. The molecular weight excluding hydrogens is 332 g/mol. The molecule has 0 saturated carbocycles. The number of hydrogen-bond acceptors (Lipinski definition) is 4. The number of hydrogen-bond donors (Lipinski definition) is 1. The van der Waals surface area contributed by atoms with E-state index in [0.717, 1.165) is 22.4 Å². The molecule has 1 aromatic carbocycles. The van der Waals surface area contributed by atoms with Crippen molar-refractivity contribution in [1.82, 2.24) is 10.3 Å². The van der Waals surface area contributed by atoms with E-state index in [-0.39, 0.29) is 5.91 Å². The number of carbonyl (C=O) groups is 1. The Kier molecular flexibility index (Phi) is 5.80. The molecule has 3 aromatic rings. The van der Waals surface area contributed by atoms with Crippen LogP contribution in [0.5, 0.6) is 5.75 Å². The van der Waals surface area contributed by atoms with Gasteiger partial charge in [0.15, 0.2) is 0 Å². The highest BCUT2D eigenvalue weighted by Crippen LogP contribution is 2.24. The van der Waals surface area contributed by atoms with E-state index in [4.69, 9.17) is 4.74 Å². The lowest BCUT2D eigenvalue weighted by molar-refractivity contribution is -0.120. The van der Waals surface area contributed by atoms with Crippen molar-refractivity contribution in [2.75, 3.05) is 6.61 Å². The third-order valence-electron chi connectivity index (χ3n) is 3.69. The van der Waals surface area contributed by atoms with Crippen LogP contribution in [0.3, 0.4) is 0 Å². The first-order valence-electron chi connectivity index (χ1n) is 8.21. The molecule has 0 saturated heterocycles. The zero-order chi connectivity index (χ0) is 17.5. The molecule has 0 atom stereocenters. The summed E-state index contributed by atoms with van der Waals surface area (Å²) in [6.45, 7) is 3.06. The maximum absolute atomic E-state index is 12.1. The Hall–Kier alpha value is -2.66. The molecule has 1 N–H and O–H groups in total. The summed E-state index contributed by atoms with van der Waals surface area (Å²) in [4.78, 5) is 17.6. The highest BCUT2D eigenvalue weighted by atomic mass is 32.1. The van der Waals surface area contributed by atoms with Crippen LogP contribution in [0, 0.1) is 0 Å². The molecule has 0 aliphatic rings. The van der Waals surface area contributed by atoms with Crippen molar-refractivity contribution in [3.8, 4) is 16.2 Å². The molecule has 25 heavy (non-hydrogen) atoms. The van der Waals surface area contributed by atoms with Gasteiger partial charge in [-0.15, -0.1) is 11.3 Å². The van der Waals surface area contributed by atoms with Crippen LogP contribution < -0.4 is 10.1 Å². The Bertz CT molecular complexity index is 814. The van der Waals surface area contributed by atoms with Crippen molar-refractivity contribution >= 4 is 17.2 Å². The van der Waals surface area contributed by atoms with Gasteiger partial charge in [0.2, 0.25) is 5.91 Å². The number of nitrogens with zero attached hydrogens (tertiary/aromatic N) is 1. The summed E-state index contributed by atoms with van der Waals surface area (Å²) < 4.78 is 5.41. The van der Waals surface area contributed by atoms with Crippen LogP contribution in [-0.2, 0) is 17.8 Å². The van der Waals surface area contributed by atoms with Crippen molar-refractivity contribution in [3.63, 3.8) is 0 Å². The predicted molar refractivity (Wildman–Crippen MR) is 101 cm³/mol. The second-order valence-corrected chi connectivity index (χ2v) is 6.54. The fourth-order valence-electron chi connectivity index (χ4n) is 2.48. The SMILES string of the molecule is CCOc1ccc(CC(=O)NCc2cncc(-c3cccs3)c2)cc1. The Morgan fingerprint density at radius 1 is 1.16 bits per heavy atom. The van der Waals surface area contributed by atoms with Crippen LogP contribution in [-0.4, -0.2) is 17.5 Å². The first kappa shape index (κ1) is 17.2. The maximum Gasteiger partial charge on any atom is 0.224 e. The molecule has 3 rings (SSSR count). The van der Waals surface area contributed by atoms with Gasteiger partial charge in [0.05, 0.1) is 13.0 Å². The molecule has 128 valence electrons. The monoisotopic (exact) mass is 352 g/mol. The van der Waals surface area contributed by atoms with Gasteiger partial charge < -0.3 is 10.1 Å². The average Bonchev–Trinajstić information content (AvgIpc) is 3.17. The molecule has 0 spiro atoms. The summed E-state index contributed by atoms with van der Waals surface area (Å²) in [6, 6.07) is 13.8. The van der Waals surface area contributed by atoms with Crippen LogP contribution >= 0.6 is 11.3 Å². The normalized spacial score (nSPS) is 10.4. The zero-order valence-electron chi connectivity index (χ0n) is 14.1. The number of ether oxygens (including phenoxy) is 1. The number of thiophene rings is 1. The van der Waals surface area contributed by atoms with Gasteiger partial charge in [-0.25, -0.2) is 0 Å². The van der Waals surface area contributed by atoms with Crippen molar-refractivity contribution in [1.29, 1.82) is 0 Å². The number of carbonyl (C=O) groups excluding carboxylic acids is 1. The van der Waals surface area contributed by atoms with Gasteiger partial charge in [-0.2, -0.15) is 0 Å². The summed E-state index contributed by atoms with van der Waals surface area (Å²) >= 11 is 1.68. The molecular formula is C20H20N2O2S. The van der Waals surface area contributed by atoms with Gasteiger partial charge in [0.1, 0.15) is 5.75 Å². The fraction of sp³-hybridized carbons (Fsp3) is 0.200. The maximum atomic E-state index is 12.1. The first-order valence-corrected chi connectivity index (χ1v) is 9.09. The summed E-state index contributed by atoms with van der Waals surface area (Å²) in [5, 5.41) is 5.00. The molecule has 0 bridgehead atoms. The summed E-state index contributed by atoms with van der Waals surface area (Å²) in [7, 11) is 0. The Balaban J connectivity index is 1.54. The number of amides is 1. The van der Waals surface area contributed by atoms with Crippen molar-refractivity contribution in [3.05, 3.63) is 71.4 Å². The molecule has 2 heterocycles. The molecule has 0 radical (unpaired) electrons. The summed E-state index contributed by atoms with van der Waals surface area (Å²) in [5.74, 6) is 0.814. The summed E-state index contributed by atoms with van der Waals surface area (Å²) in [6.07, 6.45) is 3.98. The zero-order valence-corrected chi connectivity index (χ0v) is 14.9. The van der Waals surface area contributed by atoms with Crippen LogP contribution in [0.1, 0.15) is 18.1 Å². The Morgan fingerprint density at radius 2 is 2.00 bits per heavy atom. The highest BCUT2D eigenvalue weighted by Gasteiger charge is 2.06. The van der Waals surface area contributed by atoms with Crippen LogP contribution in [0.15, 0.2) is 60.2 Å². The van der Waals surface area contributed by atoms with Gasteiger partial charge in [-0.05, 0) is 47.7 Å². The number of nitrogens with one attached hydrogen (secondary N) is 1. The number of benzene rings is 1. The molecule has 2 aromatic heterocycles. The lowest BCUT2D eigenvalue weighted by Crippen LogP contribution is -2.24. The third-order valence-corrected chi connectivity index (χ3v) is 4.61. The number of pyridine rings is 1. The van der Waals surface area contributed by atoms with E-state index in [1.54, 1.807) is 17.5 Å². The second kappa shape index (κ2) is 8.44. The van der Waals surface area contributed by atoms with Gasteiger partial charge in [-0.3, -0.25) is 9.78 Å². The molecule has 4 nitrogen and oxygen atoms in total. The average molecular weight is 352 g/mol. The van der Waals surface area contributed by atoms with Gasteiger partial charge in [0, 0.05) is 29.4 Å². The fourth-order valence-corrected chi connectivity index (χ4v) is 3.19. The van der Waals surface area contributed by atoms with Crippen molar-refractivity contribution in [2.45, 2.75) is 19.9 Å². The predicted octanol–water partition coefficient (Wildman–Crippen LogP) is 4.07. The van der Waals surface area contributed by atoms with E-state index in [0.29, 0.717) is 19.6 Å². The molecule has 0 unspecified atom stereocenters. The van der Waals surface area contributed by atoms with Gasteiger partial charge in [0.25, 0.3) is 0 Å². The molecule has 0 fully saturated rings. The topological polar surface area (TPSA) is 51.2 Å².